The lowest BCUT2D eigenvalue weighted by Gasteiger charge is -2.27. The normalized spacial score (nSPS) is 21.7. The van der Waals surface area contributed by atoms with Crippen LogP contribution in [-0.4, -0.2) is 70.5 Å². The van der Waals surface area contributed by atoms with Gasteiger partial charge < -0.3 is 29.9 Å². The van der Waals surface area contributed by atoms with Crippen molar-refractivity contribution >= 4 is 35.8 Å². The molecule has 0 unspecified atom stereocenters. The Kier molecular flexibility index (Phi) is 21.6. The van der Waals surface area contributed by atoms with E-state index in [0.717, 1.165) is 103 Å². The van der Waals surface area contributed by atoms with Crippen molar-refractivity contribution in [2.75, 3.05) is 14.2 Å². The molecule has 12 nitrogen and oxygen atoms in total. The van der Waals surface area contributed by atoms with Gasteiger partial charge in [0.1, 0.15) is 0 Å². The Morgan fingerprint density at radius 1 is 0.320 bits per heavy atom. The highest BCUT2D eigenvalue weighted by Gasteiger charge is 2.48. The van der Waals surface area contributed by atoms with E-state index in [1.807, 2.05) is 0 Å². The van der Waals surface area contributed by atoms with Crippen LogP contribution in [0.15, 0.2) is 0 Å². The van der Waals surface area contributed by atoms with Crippen molar-refractivity contribution in [2.24, 2.45) is 16.2 Å². The van der Waals surface area contributed by atoms with E-state index in [1.54, 1.807) is 0 Å². The quantitative estimate of drug-likeness (QED) is 0.152. The average molecular weight is 713 g/mol. The van der Waals surface area contributed by atoms with Crippen LogP contribution in [0.25, 0.3) is 0 Å². The molecule has 0 aromatic rings. The van der Waals surface area contributed by atoms with Gasteiger partial charge in [-0.05, 0) is 38.5 Å². The average Bonchev–Trinajstić information content (AvgIpc) is 3.10. The SMILES string of the molecule is COC(=O)C1(C(=O)O)CCCCCCCCC1.COC(=O)C1(C(=O)O)CCCCCCCCC1.O=C(O)C1(C(=O)O)CCCCCCCCC1. The maximum absolute atomic E-state index is 11.8. The zero-order valence-electron chi connectivity index (χ0n) is 30.6. The van der Waals surface area contributed by atoms with Crippen LogP contribution in [0.4, 0.5) is 0 Å². The van der Waals surface area contributed by atoms with Crippen LogP contribution < -0.4 is 0 Å². The van der Waals surface area contributed by atoms with Gasteiger partial charge >= 0.3 is 35.8 Å². The second kappa shape index (κ2) is 24.1. The summed E-state index contributed by atoms with van der Waals surface area (Å²) in [5, 5.41) is 37.1. The lowest BCUT2D eigenvalue weighted by atomic mass is 9.77. The molecule has 288 valence electrons. The Labute approximate surface area is 298 Å². The zero-order chi connectivity index (χ0) is 37.5. The van der Waals surface area contributed by atoms with Gasteiger partial charge in [-0.1, -0.05) is 135 Å². The molecule has 0 atom stereocenters. The number of esters is 2. The molecule has 0 aromatic heterocycles. The molecule has 12 heteroatoms. The topological polar surface area (TPSA) is 202 Å². The smallest absolute Gasteiger partial charge is 0.323 e. The van der Waals surface area contributed by atoms with Crippen LogP contribution in [0.3, 0.4) is 0 Å². The Hall–Kier alpha value is -3.18. The van der Waals surface area contributed by atoms with E-state index >= 15 is 0 Å². The molecule has 4 N–H and O–H groups in total. The standard InChI is InChI=1S/2C13H22O4.C12H20O4/c2*1-17-12(16)13(11(14)15)9-7-5-3-2-4-6-8-10-13;13-10(14)12(11(15)16)8-6-4-2-1-3-5-7-9-12/h2*2-10H2,1H3,(H,14,15);1-9H2,(H,13,14)(H,15,16). The Bertz CT molecular complexity index is 966. The maximum atomic E-state index is 11.8. The first kappa shape index (κ1) is 44.8. The molecule has 3 saturated carbocycles. The third-order valence-corrected chi connectivity index (χ3v) is 10.9. The first-order chi connectivity index (χ1) is 23.9. The van der Waals surface area contributed by atoms with Gasteiger partial charge in [-0.25, -0.2) is 0 Å². The summed E-state index contributed by atoms with van der Waals surface area (Å²) in [6.45, 7) is 0. The van der Waals surface area contributed by atoms with Gasteiger partial charge in [0.25, 0.3) is 0 Å². The number of hydrogen-bond donors (Lipinski definition) is 4. The number of rotatable bonds is 6. The molecule has 3 aliphatic carbocycles. The lowest BCUT2D eigenvalue weighted by Crippen LogP contribution is -2.40. The molecule has 0 aliphatic heterocycles. The summed E-state index contributed by atoms with van der Waals surface area (Å²) in [6.07, 6.45) is 23.1. The summed E-state index contributed by atoms with van der Waals surface area (Å²) in [5.41, 5.74) is -4.13. The van der Waals surface area contributed by atoms with Crippen LogP contribution in [0.5, 0.6) is 0 Å². The highest BCUT2D eigenvalue weighted by atomic mass is 16.5. The molecular formula is C38H64O12. The summed E-state index contributed by atoms with van der Waals surface area (Å²) in [4.78, 5) is 68.9. The summed E-state index contributed by atoms with van der Waals surface area (Å²) >= 11 is 0. The van der Waals surface area contributed by atoms with E-state index in [2.05, 4.69) is 0 Å². The Morgan fingerprint density at radius 2 is 0.480 bits per heavy atom. The maximum Gasteiger partial charge on any atom is 0.323 e. The van der Waals surface area contributed by atoms with Crippen molar-refractivity contribution < 1.29 is 58.7 Å². The van der Waals surface area contributed by atoms with Gasteiger partial charge in [0.15, 0.2) is 16.2 Å². The predicted molar refractivity (Wildman–Crippen MR) is 187 cm³/mol. The second-order valence-electron chi connectivity index (χ2n) is 14.4. The Balaban J connectivity index is 0.000000375. The molecule has 0 heterocycles. The molecule has 0 bridgehead atoms. The summed E-state index contributed by atoms with van der Waals surface area (Å²) in [6, 6.07) is 0. The van der Waals surface area contributed by atoms with Crippen molar-refractivity contribution in [3.8, 4) is 0 Å². The minimum Gasteiger partial charge on any atom is -0.480 e. The highest BCUT2D eigenvalue weighted by Crippen LogP contribution is 2.37. The van der Waals surface area contributed by atoms with E-state index in [1.165, 1.54) is 33.5 Å². The van der Waals surface area contributed by atoms with Crippen molar-refractivity contribution in [3.63, 3.8) is 0 Å². The molecule has 3 rings (SSSR count). The number of carbonyl (C=O) groups excluding carboxylic acids is 2. The van der Waals surface area contributed by atoms with Gasteiger partial charge in [0, 0.05) is 0 Å². The monoisotopic (exact) mass is 712 g/mol. The van der Waals surface area contributed by atoms with Crippen LogP contribution in [0.2, 0.25) is 0 Å². The molecule has 0 amide bonds. The van der Waals surface area contributed by atoms with Gasteiger partial charge in [0.05, 0.1) is 14.2 Å². The van der Waals surface area contributed by atoms with E-state index in [9.17, 15) is 39.0 Å². The fraction of sp³-hybridized carbons (Fsp3) is 0.842. The second-order valence-corrected chi connectivity index (χ2v) is 14.4. The van der Waals surface area contributed by atoms with Crippen LogP contribution in [-0.2, 0) is 38.2 Å². The Morgan fingerprint density at radius 3 is 0.640 bits per heavy atom. The minimum atomic E-state index is -1.53. The number of ether oxygens (including phenoxy) is 2. The van der Waals surface area contributed by atoms with E-state index < -0.39 is 52.1 Å². The number of methoxy groups -OCH3 is 2. The molecule has 3 fully saturated rings. The van der Waals surface area contributed by atoms with Crippen molar-refractivity contribution in [1.29, 1.82) is 0 Å². The summed E-state index contributed by atoms with van der Waals surface area (Å²) in [5.74, 6) is -5.54. The van der Waals surface area contributed by atoms with Gasteiger partial charge in [0.2, 0.25) is 0 Å². The molecule has 0 aromatic carbocycles. The molecule has 50 heavy (non-hydrogen) atoms. The third-order valence-electron chi connectivity index (χ3n) is 10.9. The number of carbonyl (C=O) groups is 6. The highest BCUT2D eigenvalue weighted by molar-refractivity contribution is 6.00. The predicted octanol–water partition coefficient (Wildman–Crippen LogP) is 8.18. The van der Waals surface area contributed by atoms with Crippen LogP contribution in [0.1, 0.15) is 173 Å². The third kappa shape index (κ3) is 13.9. The molecule has 3 aliphatic rings. The molecule has 0 spiro atoms. The van der Waals surface area contributed by atoms with Gasteiger partial charge in [-0.15, -0.1) is 0 Å². The van der Waals surface area contributed by atoms with Gasteiger partial charge in [-0.3, -0.25) is 28.8 Å². The number of hydrogen-bond acceptors (Lipinski definition) is 8. The van der Waals surface area contributed by atoms with Gasteiger partial charge in [-0.2, -0.15) is 0 Å². The first-order valence-corrected chi connectivity index (χ1v) is 19.0. The summed E-state index contributed by atoms with van der Waals surface area (Å²) in [7, 11) is 2.54. The largest absolute Gasteiger partial charge is 0.480 e. The van der Waals surface area contributed by atoms with Crippen molar-refractivity contribution in [3.05, 3.63) is 0 Å². The molecular weight excluding hydrogens is 648 g/mol. The molecule has 0 radical (unpaired) electrons. The summed E-state index contributed by atoms with van der Waals surface area (Å²) < 4.78 is 9.41. The minimum absolute atomic E-state index is 0.275. The number of aliphatic carboxylic acids is 4. The van der Waals surface area contributed by atoms with E-state index in [4.69, 9.17) is 19.7 Å². The van der Waals surface area contributed by atoms with Crippen molar-refractivity contribution in [2.45, 2.75) is 173 Å². The fourth-order valence-electron chi connectivity index (χ4n) is 7.51. The van der Waals surface area contributed by atoms with Crippen molar-refractivity contribution in [1.82, 2.24) is 0 Å². The zero-order valence-corrected chi connectivity index (χ0v) is 30.6. The molecule has 0 saturated heterocycles. The number of carboxylic acids is 4. The van der Waals surface area contributed by atoms with E-state index in [0.29, 0.717) is 38.5 Å². The van der Waals surface area contributed by atoms with Crippen LogP contribution in [0, 0.1) is 16.2 Å². The van der Waals surface area contributed by atoms with Crippen LogP contribution >= 0.6 is 0 Å². The lowest BCUT2D eigenvalue weighted by molar-refractivity contribution is -0.170. The number of carboxylic acid groups (broad SMARTS) is 4. The first-order valence-electron chi connectivity index (χ1n) is 19.0. The van der Waals surface area contributed by atoms with E-state index in [-0.39, 0.29) is 12.8 Å². The fourth-order valence-corrected chi connectivity index (χ4v) is 7.51.